The monoisotopic (exact) mass is 511 g/mol. The average molecular weight is 512 g/mol. The number of anilines is 1. The van der Waals surface area contributed by atoms with Crippen molar-refractivity contribution in [2.75, 3.05) is 17.8 Å². The number of nitrogens with zero attached hydrogens (tertiary/aromatic N) is 2. The van der Waals surface area contributed by atoms with Crippen molar-refractivity contribution in [2.24, 2.45) is 5.92 Å². The van der Waals surface area contributed by atoms with E-state index in [4.69, 9.17) is 0 Å². The Balaban J connectivity index is 1.35. The summed E-state index contributed by atoms with van der Waals surface area (Å²) in [4.78, 5) is 19.2. The first kappa shape index (κ1) is 24.6. The van der Waals surface area contributed by atoms with E-state index >= 15 is 0 Å². The van der Waals surface area contributed by atoms with Crippen LogP contribution < -0.4 is 4.72 Å². The number of alkyl halides is 3. The number of thiazole rings is 1. The fourth-order valence-electron chi connectivity index (χ4n) is 4.05. The van der Waals surface area contributed by atoms with Crippen LogP contribution in [0.4, 0.5) is 18.9 Å². The van der Waals surface area contributed by atoms with Crippen molar-refractivity contribution < 1.29 is 27.3 Å². The van der Waals surface area contributed by atoms with Gasteiger partial charge < -0.3 is 14.7 Å². The van der Waals surface area contributed by atoms with Crippen molar-refractivity contribution in [1.82, 2.24) is 9.88 Å². The lowest BCUT2D eigenvalue weighted by Gasteiger charge is -2.39. The van der Waals surface area contributed by atoms with E-state index in [1.54, 1.807) is 35.8 Å². The van der Waals surface area contributed by atoms with E-state index in [1.165, 1.54) is 16.2 Å². The molecule has 2 unspecified atom stereocenters. The molecule has 0 aliphatic carbocycles. The third-order valence-corrected chi connectivity index (χ3v) is 8.04. The van der Waals surface area contributed by atoms with Gasteiger partial charge in [-0.3, -0.25) is 4.79 Å². The predicted octanol–water partition coefficient (Wildman–Crippen LogP) is 4.99. The van der Waals surface area contributed by atoms with Gasteiger partial charge in [0, 0.05) is 24.3 Å². The number of carbonyl (C=O) groups excluding carboxylic acids is 1. The second-order valence-corrected chi connectivity index (χ2v) is 10.6. The van der Waals surface area contributed by atoms with Gasteiger partial charge in [-0.25, -0.2) is 9.19 Å². The van der Waals surface area contributed by atoms with Crippen LogP contribution in [0.5, 0.6) is 0 Å². The van der Waals surface area contributed by atoms with E-state index in [0.717, 1.165) is 11.6 Å². The van der Waals surface area contributed by atoms with Gasteiger partial charge in [0.2, 0.25) is 0 Å². The molecule has 1 fully saturated rings. The number of benzene rings is 2. The van der Waals surface area contributed by atoms with Crippen LogP contribution in [0, 0.1) is 5.92 Å². The second-order valence-electron chi connectivity index (χ2n) is 8.57. The normalized spacial score (nSPS) is 18.0. The number of amides is 1. The highest BCUT2D eigenvalue weighted by atomic mass is 32.2. The summed E-state index contributed by atoms with van der Waals surface area (Å²) in [5.74, 6) is -1.86. The Labute approximate surface area is 201 Å². The zero-order valence-electron chi connectivity index (χ0n) is 18.3. The fraction of sp³-hybridized carbons (Fsp3) is 0.391. The van der Waals surface area contributed by atoms with E-state index in [1.807, 2.05) is 12.1 Å². The molecule has 182 valence electrons. The summed E-state index contributed by atoms with van der Waals surface area (Å²) < 4.78 is 55.2. The Hall–Kier alpha value is -2.50. The number of carbonyl (C=O) groups is 1. The van der Waals surface area contributed by atoms with E-state index in [2.05, 4.69) is 9.71 Å². The largest absolute Gasteiger partial charge is 0.391 e. The van der Waals surface area contributed by atoms with Gasteiger partial charge in [0.25, 0.3) is 5.91 Å². The first-order valence-corrected chi connectivity index (χ1v) is 12.8. The van der Waals surface area contributed by atoms with Gasteiger partial charge in [-0.05, 0) is 55.7 Å². The maximum atomic E-state index is 12.9. The molecule has 2 heterocycles. The Kier molecular flexibility index (Phi) is 6.97. The summed E-state index contributed by atoms with van der Waals surface area (Å²) in [6.45, 7) is 1.43. The van der Waals surface area contributed by atoms with Crippen molar-refractivity contribution in [3.8, 4) is 0 Å². The third kappa shape index (κ3) is 5.42. The Morgan fingerprint density at radius 2 is 1.91 bits per heavy atom. The van der Waals surface area contributed by atoms with Gasteiger partial charge in [-0.15, -0.1) is 11.3 Å². The van der Waals surface area contributed by atoms with Gasteiger partial charge in [-0.1, -0.05) is 13.0 Å². The number of piperidine rings is 1. The molecule has 0 radical (unpaired) electrons. The molecule has 2 aromatic carbocycles. The van der Waals surface area contributed by atoms with Crippen molar-refractivity contribution in [3.63, 3.8) is 0 Å². The summed E-state index contributed by atoms with van der Waals surface area (Å²) in [6.07, 6.45) is -4.53. The SMILES string of the molecule is CC(CC1(O)CCN(C(=O)c2ccc(NS(=O)c3cccc4scnc34)cc2)CC1)C(F)(F)F. The molecule has 6 nitrogen and oxygen atoms in total. The highest BCUT2D eigenvalue weighted by Crippen LogP contribution is 2.36. The number of aliphatic hydroxyl groups is 1. The minimum atomic E-state index is -4.35. The third-order valence-electron chi connectivity index (χ3n) is 6.09. The lowest BCUT2D eigenvalue weighted by atomic mass is 9.83. The summed E-state index contributed by atoms with van der Waals surface area (Å²) in [6, 6.07) is 12.0. The molecule has 1 aromatic heterocycles. The summed E-state index contributed by atoms with van der Waals surface area (Å²) in [5.41, 5.74) is 1.93. The number of halogens is 3. The Morgan fingerprint density at radius 3 is 2.56 bits per heavy atom. The molecule has 0 bridgehead atoms. The van der Waals surface area contributed by atoms with Crippen LogP contribution >= 0.6 is 11.3 Å². The summed E-state index contributed by atoms with van der Waals surface area (Å²) in [5, 5.41) is 10.6. The number of likely N-dealkylation sites (tertiary alicyclic amines) is 1. The number of hydrogen-bond donors (Lipinski definition) is 2. The number of para-hydroxylation sites is 1. The van der Waals surface area contributed by atoms with Crippen LogP contribution in [-0.4, -0.2) is 50.0 Å². The molecule has 11 heteroatoms. The maximum Gasteiger partial charge on any atom is 0.391 e. The molecule has 1 aliphatic rings. The molecule has 2 N–H and O–H groups in total. The Bertz CT molecular complexity index is 1190. The van der Waals surface area contributed by atoms with Gasteiger partial charge in [0.15, 0.2) is 11.0 Å². The lowest BCUT2D eigenvalue weighted by Crippen LogP contribution is -2.48. The highest BCUT2D eigenvalue weighted by Gasteiger charge is 2.43. The molecule has 1 amide bonds. The number of fused-ring (bicyclic) bond motifs is 1. The smallest absolute Gasteiger partial charge is 0.390 e. The van der Waals surface area contributed by atoms with Gasteiger partial charge in [0.05, 0.1) is 32.1 Å². The fourth-order valence-corrected chi connectivity index (χ4v) is 5.82. The van der Waals surface area contributed by atoms with E-state index in [-0.39, 0.29) is 38.3 Å². The minimum Gasteiger partial charge on any atom is -0.390 e. The minimum absolute atomic E-state index is 0.0972. The van der Waals surface area contributed by atoms with E-state index < -0.39 is 28.7 Å². The van der Waals surface area contributed by atoms with Crippen LogP contribution in [0.25, 0.3) is 10.2 Å². The molecular formula is C23H24F3N3O3S2. The first-order valence-electron chi connectivity index (χ1n) is 10.7. The maximum absolute atomic E-state index is 12.9. The first-order chi connectivity index (χ1) is 16.1. The van der Waals surface area contributed by atoms with Crippen LogP contribution in [0.2, 0.25) is 0 Å². The summed E-state index contributed by atoms with van der Waals surface area (Å²) >= 11 is 1.47. The number of aromatic nitrogens is 1. The molecule has 2 atom stereocenters. The molecular weight excluding hydrogens is 487 g/mol. The van der Waals surface area contributed by atoms with E-state index in [9.17, 15) is 27.3 Å². The number of rotatable bonds is 6. The molecule has 0 saturated carbocycles. The summed E-state index contributed by atoms with van der Waals surface area (Å²) in [7, 11) is -1.54. The molecule has 3 aromatic rings. The van der Waals surface area contributed by atoms with Crippen LogP contribution in [0.3, 0.4) is 0 Å². The predicted molar refractivity (Wildman–Crippen MR) is 126 cm³/mol. The number of hydrogen-bond acceptors (Lipinski definition) is 5. The Morgan fingerprint density at radius 1 is 1.24 bits per heavy atom. The lowest BCUT2D eigenvalue weighted by molar-refractivity contribution is -0.187. The van der Waals surface area contributed by atoms with Crippen molar-refractivity contribution in [2.45, 2.75) is 42.9 Å². The van der Waals surface area contributed by atoms with Crippen LogP contribution in [-0.2, 0) is 11.0 Å². The molecule has 1 aliphatic heterocycles. The van der Waals surface area contributed by atoms with Gasteiger partial charge in [-0.2, -0.15) is 13.2 Å². The average Bonchev–Trinajstić information content (AvgIpc) is 3.28. The molecule has 1 saturated heterocycles. The zero-order chi connectivity index (χ0) is 24.5. The quantitative estimate of drug-likeness (QED) is 0.489. The molecule has 34 heavy (non-hydrogen) atoms. The van der Waals surface area contributed by atoms with Crippen LogP contribution in [0.1, 0.15) is 36.5 Å². The van der Waals surface area contributed by atoms with Crippen molar-refractivity contribution in [1.29, 1.82) is 0 Å². The van der Waals surface area contributed by atoms with Crippen LogP contribution in [0.15, 0.2) is 52.9 Å². The number of nitrogens with one attached hydrogen (secondary N) is 1. The molecule has 0 spiro atoms. The highest BCUT2D eigenvalue weighted by molar-refractivity contribution is 7.86. The standard InChI is InChI=1S/C23H24F3N3O3S2/c1-15(23(24,25)26)13-22(31)9-11-29(12-10-22)21(30)16-5-7-17(8-6-16)28-34(32)19-4-2-3-18-20(19)27-14-33-18/h2-8,14-15,28,31H,9-13H2,1H3. The molecule has 4 rings (SSSR count). The van der Waals surface area contributed by atoms with Gasteiger partial charge >= 0.3 is 6.18 Å². The topological polar surface area (TPSA) is 82.5 Å². The zero-order valence-corrected chi connectivity index (χ0v) is 20.0. The van der Waals surface area contributed by atoms with Gasteiger partial charge in [0.1, 0.15) is 0 Å². The van der Waals surface area contributed by atoms with E-state index in [0.29, 0.717) is 21.7 Å². The second kappa shape index (κ2) is 9.63. The van der Waals surface area contributed by atoms with Crippen molar-refractivity contribution in [3.05, 3.63) is 53.5 Å². The van der Waals surface area contributed by atoms with Crippen molar-refractivity contribution >= 4 is 44.1 Å².